The zero-order valence-corrected chi connectivity index (χ0v) is 9.59. The summed E-state index contributed by atoms with van der Waals surface area (Å²) in [6, 6.07) is 4.99. The lowest BCUT2D eigenvalue weighted by atomic mass is 9.92. The molecule has 1 atom stereocenters. The molecule has 0 amide bonds. The SMILES string of the molecule is CC(O)(CCN)Cc1cccc(C(F)(F)F)c1. The van der Waals surface area contributed by atoms with Crippen LogP contribution in [0.2, 0.25) is 0 Å². The summed E-state index contributed by atoms with van der Waals surface area (Å²) < 4.78 is 37.4. The molecule has 0 saturated heterocycles. The number of benzene rings is 1. The van der Waals surface area contributed by atoms with Crippen molar-refractivity contribution < 1.29 is 18.3 Å². The van der Waals surface area contributed by atoms with E-state index in [4.69, 9.17) is 5.73 Å². The second-order valence-corrected chi connectivity index (χ2v) is 4.41. The molecule has 0 fully saturated rings. The van der Waals surface area contributed by atoms with Crippen LogP contribution in [0.1, 0.15) is 24.5 Å². The Hall–Kier alpha value is -1.07. The van der Waals surface area contributed by atoms with Crippen LogP contribution in [0.5, 0.6) is 0 Å². The molecule has 17 heavy (non-hydrogen) atoms. The first-order chi connectivity index (χ1) is 7.74. The standard InChI is InChI=1S/C12H16F3NO/c1-11(17,5-6-16)8-9-3-2-4-10(7-9)12(13,14)15/h2-4,7,17H,5-6,8,16H2,1H3. The van der Waals surface area contributed by atoms with Crippen molar-refractivity contribution in [2.24, 2.45) is 5.73 Å². The number of hydrogen-bond donors (Lipinski definition) is 2. The first-order valence-electron chi connectivity index (χ1n) is 5.33. The third kappa shape index (κ3) is 4.36. The van der Waals surface area contributed by atoms with Crippen LogP contribution in [0.15, 0.2) is 24.3 Å². The Labute approximate surface area is 98.3 Å². The van der Waals surface area contributed by atoms with Gasteiger partial charge in [-0.05, 0) is 31.5 Å². The molecule has 0 aliphatic heterocycles. The van der Waals surface area contributed by atoms with Gasteiger partial charge in [0.1, 0.15) is 0 Å². The highest BCUT2D eigenvalue weighted by atomic mass is 19.4. The maximum absolute atomic E-state index is 12.5. The monoisotopic (exact) mass is 247 g/mol. The lowest BCUT2D eigenvalue weighted by Gasteiger charge is -2.23. The fourth-order valence-electron chi connectivity index (χ4n) is 1.70. The van der Waals surface area contributed by atoms with E-state index in [1.807, 2.05) is 0 Å². The molecule has 0 saturated carbocycles. The van der Waals surface area contributed by atoms with Gasteiger partial charge in [-0.15, -0.1) is 0 Å². The van der Waals surface area contributed by atoms with Crippen LogP contribution in [0.25, 0.3) is 0 Å². The summed E-state index contributed by atoms with van der Waals surface area (Å²) in [5.74, 6) is 0. The zero-order chi connectivity index (χ0) is 13.1. The van der Waals surface area contributed by atoms with Crippen LogP contribution < -0.4 is 5.73 Å². The number of halogens is 3. The molecule has 5 heteroatoms. The number of aliphatic hydroxyl groups is 1. The van der Waals surface area contributed by atoms with Crippen molar-refractivity contribution >= 4 is 0 Å². The van der Waals surface area contributed by atoms with Gasteiger partial charge in [-0.25, -0.2) is 0 Å². The molecular weight excluding hydrogens is 231 g/mol. The predicted molar refractivity (Wildman–Crippen MR) is 59.4 cm³/mol. The van der Waals surface area contributed by atoms with Crippen molar-refractivity contribution in [2.75, 3.05) is 6.54 Å². The molecule has 0 aliphatic carbocycles. The van der Waals surface area contributed by atoms with Gasteiger partial charge in [0, 0.05) is 6.42 Å². The molecule has 1 rings (SSSR count). The van der Waals surface area contributed by atoms with Gasteiger partial charge in [-0.2, -0.15) is 13.2 Å². The summed E-state index contributed by atoms with van der Waals surface area (Å²) in [5, 5.41) is 9.90. The van der Waals surface area contributed by atoms with E-state index in [-0.39, 0.29) is 6.42 Å². The smallest absolute Gasteiger partial charge is 0.390 e. The van der Waals surface area contributed by atoms with Crippen LogP contribution >= 0.6 is 0 Å². The fourth-order valence-corrected chi connectivity index (χ4v) is 1.70. The van der Waals surface area contributed by atoms with E-state index in [1.54, 1.807) is 13.0 Å². The van der Waals surface area contributed by atoms with Crippen LogP contribution in [-0.4, -0.2) is 17.3 Å². The van der Waals surface area contributed by atoms with Crippen LogP contribution in [0.4, 0.5) is 13.2 Å². The first kappa shape index (κ1) is 14.0. The molecule has 0 aromatic heterocycles. The Morgan fingerprint density at radius 3 is 2.47 bits per heavy atom. The van der Waals surface area contributed by atoms with Crippen LogP contribution in [0.3, 0.4) is 0 Å². The minimum Gasteiger partial charge on any atom is -0.390 e. The second kappa shape index (κ2) is 5.06. The number of hydrogen-bond acceptors (Lipinski definition) is 2. The third-order valence-electron chi connectivity index (χ3n) is 2.52. The van der Waals surface area contributed by atoms with Crippen molar-refractivity contribution in [1.29, 1.82) is 0 Å². The van der Waals surface area contributed by atoms with Gasteiger partial charge in [0.2, 0.25) is 0 Å². The van der Waals surface area contributed by atoms with Gasteiger partial charge in [-0.3, -0.25) is 0 Å². The quantitative estimate of drug-likeness (QED) is 0.857. The van der Waals surface area contributed by atoms with Gasteiger partial charge >= 0.3 is 6.18 Å². The zero-order valence-electron chi connectivity index (χ0n) is 9.59. The lowest BCUT2D eigenvalue weighted by Crippen LogP contribution is -2.30. The average molecular weight is 247 g/mol. The maximum atomic E-state index is 12.5. The van der Waals surface area contributed by atoms with Crippen molar-refractivity contribution in [3.8, 4) is 0 Å². The molecule has 0 radical (unpaired) electrons. The van der Waals surface area contributed by atoms with Crippen molar-refractivity contribution in [3.05, 3.63) is 35.4 Å². The molecule has 0 aliphatic rings. The first-order valence-corrected chi connectivity index (χ1v) is 5.33. The third-order valence-corrected chi connectivity index (χ3v) is 2.52. The Bertz CT molecular complexity index is 374. The molecule has 1 unspecified atom stereocenters. The normalized spacial score (nSPS) is 15.6. The van der Waals surface area contributed by atoms with E-state index >= 15 is 0 Å². The number of nitrogens with two attached hydrogens (primary N) is 1. The minimum atomic E-state index is -4.35. The molecule has 0 heterocycles. The molecule has 1 aromatic rings. The van der Waals surface area contributed by atoms with E-state index in [9.17, 15) is 18.3 Å². The van der Waals surface area contributed by atoms with Crippen molar-refractivity contribution in [2.45, 2.75) is 31.5 Å². The summed E-state index contributed by atoms with van der Waals surface area (Å²) in [6.45, 7) is 1.87. The number of alkyl halides is 3. The molecule has 96 valence electrons. The largest absolute Gasteiger partial charge is 0.416 e. The van der Waals surface area contributed by atoms with E-state index in [0.29, 0.717) is 18.5 Å². The molecule has 0 spiro atoms. The summed E-state index contributed by atoms with van der Waals surface area (Å²) in [5.41, 5.74) is 4.02. The molecule has 1 aromatic carbocycles. The Morgan fingerprint density at radius 1 is 1.29 bits per heavy atom. The van der Waals surface area contributed by atoms with Crippen LogP contribution in [-0.2, 0) is 12.6 Å². The molecular formula is C12H16F3NO. The Balaban J connectivity index is 2.86. The van der Waals surface area contributed by atoms with E-state index < -0.39 is 17.3 Å². The molecule has 2 nitrogen and oxygen atoms in total. The van der Waals surface area contributed by atoms with E-state index in [0.717, 1.165) is 12.1 Å². The maximum Gasteiger partial charge on any atom is 0.416 e. The van der Waals surface area contributed by atoms with E-state index in [2.05, 4.69) is 0 Å². The number of rotatable bonds is 4. The average Bonchev–Trinajstić information content (AvgIpc) is 2.15. The molecule has 0 bridgehead atoms. The summed E-state index contributed by atoms with van der Waals surface area (Å²) in [6.07, 6.45) is -3.84. The molecule has 3 N–H and O–H groups in total. The van der Waals surface area contributed by atoms with Gasteiger partial charge in [-0.1, -0.05) is 18.2 Å². The van der Waals surface area contributed by atoms with Crippen molar-refractivity contribution in [3.63, 3.8) is 0 Å². The van der Waals surface area contributed by atoms with Crippen LogP contribution in [0, 0.1) is 0 Å². The summed E-state index contributed by atoms with van der Waals surface area (Å²) in [4.78, 5) is 0. The Morgan fingerprint density at radius 2 is 1.94 bits per heavy atom. The highest BCUT2D eigenvalue weighted by molar-refractivity contribution is 5.26. The predicted octanol–water partition coefficient (Wildman–Crippen LogP) is 2.35. The topological polar surface area (TPSA) is 46.2 Å². The fraction of sp³-hybridized carbons (Fsp3) is 0.500. The van der Waals surface area contributed by atoms with Crippen molar-refractivity contribution in [1.82, 2.24) is 0 Å². The van der Waals surface area contributed by atoms with Gasteiger partial charge < -0.3 is 10.8 Å². The summed E-state index contributed by atoms with van der Waals surface area (Å²) >= 11 is 0. The van der Waals surface area contributed by atoms with Gasteiger partial charge in [0.25, 0.3) is 0 Å². The minimum absolute atomic E-state index is 0.161. The second-order valence-electron chi connectivity index (χ2n) is 4.41. The summed E-state index contributed by atoms with van der Waals surface area (Å²) in [7, 11) is 0. The lowest BCUT2D eigenvalue weighted by molar-refractivity contribution is -0.137. The van der Waals surface area contributed by atoms with Gasteiger partial charge in [0.15, 0.2) is 0 Å². The highest BCUT2D eigenvalue weighted by Crippen LogP contribution is 2.30. The Kier molecular flexibility index (Phi) is 4.16. The highest BCUT2D eigenvalue weighted by Gasteiger charge is 2.31. The van der Waals surface area contributed by atoms with Gasteiger partial charge in [0.05, 0.1) is 11.2 Å². The van der Waals surface area contributed by atoms with E-state index in [1.165, 1.54) is 6.07 Å².